The second-order valence-electron chi connectivity index (χ2n) is 7.36. The van der Waals surface area contributed by atoms with Crippen LogP contribution in [-0.4, -0.2) is 29.6 Å². The van der Waals surface area contributed by atoms with Gasteiger partial charge in [-0.2, -0.15) is 0 Å². The fourth-order valence-corrected chi connectivity index (χ4v) is 3.92. The van der Waals surface area contributed by atoms with E-state index in [0.29, 0.717) is 16.9 Å². The minimum atomic E-state index is -2.12. The van der Waals surface area contributed by atoms with E-state index in [0.717, 1.165) is 5.56 Å². The predicted molar refractivity (Wildman–Crippen MR) is 118 cm³/mol. The molecule has 0 aliphatic carbocycles. The highest BCUT2D eigenvalue weighted by Crippen LogP contribution is 2.44. The molecular weight excluding hydrogens is 392 g/mol. The Bertz CT molecular complexity index is 1070. The first kappa shape index (κ1) is 20.6. The van der Waals surface area contributed by atoms with Gasteiger partial charge in [-0.3, -0.25) is 4.79 Å². The molecule has 0 radical (unpaired) electrons. The maximum absolute atomic E-state index is 13.7. The number of fused-ring (bicyclic) bond motifs is 1. The van der Waals surface area contributed by atoms with Crippen LogP contribution in [0.5, 0.6) is 0 Å². The van der Waals surface area contributed by atoms with Crippen molar-refractivity contribution in [3.63, 3.8) is 0 Å². The number of benzene rings is 3. The van der Waals surface area contributed by atoms with Gasteiger partial charge in [0.05, 0.1) is 18.8 Å². The lowest BCUT2D eigenvalue weighted by molar-refractivity contribution is -0.156. The zero-order valence-electron chi connectivity index (χ0n) is 17.2. The molecule has 6 heteroatoms. The minimum absolute atomic E-state index is 0.130. The van der Waals surface area contributed by atoms with Gasteiger partial charge < -0.3 is 20.1 Å². The van der Waals surface area contributed by atoms with Crippen LogP contribution < -0.4 is 10.2 Å². The topological polar surface area (TPSA) is 78.9 Å². The second-order valence-corrected chi connectivity index (χ2v) is 7.36. The van der Waals surface area contributed by atoms with Gasteiger partial charge in [-0.25, -0.2) is 4.79 Å². The van der Waals surface area contributed by atoms with Gasteiger partial charge in [0.1, 0.15) is 0 Å². The van der Waals surface area contributed by atoms with Crippen molar-refractivity contribution in [2.75, 3.05) is 16.8 Å². The van der Waals surface area contributed by atoms with Crippen molar-refractivity contribution in [2.24, 2.45) is 0 Å². The third-order valence-electron chi connectivity index (χ3n) is 5.39. The molecule has 3 aromatic carbocycles. The minimum Gasteiger partial charge on any atom is -0.464 e. The van der Waals surface area contributed by atoms with Gasteiger partial charge in [-0.15, -0.1) is 0 Å². The Morgan fingerprint density at radius 2 is 1.61 bits per heavy atom. The van der Waals surface area contributed by atoms with Crippen LogP contribution in [0.4, 0.5) is 11.4 Å². The molecule has 0 unspecified atom stereocenters. The Labute approximate surface area is 181 Å². The maximum Gasteiger partial charge on any atom is 0.332 e. The molecule has 0 spiro atoms. The van der Waals surface area contributed by atoms with Crippen molar-refractivity contribution >= 4 is 23.3 Å². The van der Waals surface area contributed by atoms with Crippen LogP contribution in [0.1, 0.15) is 18.1 Å². The smallest absolute Gasteiger partial charge is 0.332 e. The van der Waals surface area contributed by atoms with Crippen molar-refractivity contribution in [1.82, 2.24) is 0 Å². The Morgan fingerprint density at radius 3 is 2.29 bits per heavy atom. The van der Waals surface area contributed by atoms with Gasteiger partial charge in [0, 0.05) is 11.3 Å². The van der Waals surface area contributed by atoms with Crippen LogP contribution in [0.2, 0.25) is 0 Å². The number of rotatable bonds is 7. The van der Waals surface area contributed by atoms with Crippen molar-refractivity contribution < 1.29 is 19.4 Å². The van der Waals surface area contributed by atoms with Gasteiger partial charge in [0.15, 0.2) is 6.04 Å². The van der Waals surface area contributed by atoms with Crippen molar-refractivity contribution in [3.05, 3.63) is 96.1 Å². The molecule has 0 saturated heterocycles. The van der Waals surface area contributed by atoms with E-state index >= 15 is 0 Å². The lowest BCUT2D eigenvalue weighted by Gasteiger charge is -2.31. The molecule has 2 atom stereocenters. The summed E-state index contributed by atoms with van der Waals surface area (Å²) in [6.07, 6.45) is 0. The van der Waals surface area contributed by atoms with E-state index in [2.05, 4.69) is 5.32 Å². The Hall–Kier alpha value is -3.64. The van der Waals surface area contributed by atoms with Gasteiger partial charge in [-0.05, 0) is 30.7 Å². The number of carbonyl (C=O) groups is 2. The summed E-state index contributed by atoms with van der Waals surface area (Å²) in [5.74, 6) is -1.27. The van der Waals surface area contributed by atoms with Crippen LogP contribution in [0.15, 0.2) is 84.9 Å². The van der Waals surface area contributed by atoms with E-state index in [-0.39, 0.29) is 13.2 Å². The molecule has 4 rings (SSSR count). The second kappa shape index (κ2) is 8.62. The summed E-state index contributed by atoms with van der Waals surface area (Å²) >= 11 is 0. The summed E-state index contributed by atoms with van der Waals surface area (Å²) in [6.45, 7) is 2.10. The van der Waals surface area contributed by atoms with Crippen LogP contribution in [0.25, 0.3) is 0 Å². The lowest BCUT2D eigenvalue weighted by Crippen LogP contribution is -2.55. The molecule has 158 valence electrons. The number of para-hydroxylation sites is 2. The van der Waals surface area contributed by atoms with Crippen molar-refractivity contribution in [1.29, 1.82) is 0 Å². The lowest BCUT2D eigenvalue weighted by atomic mass is 9.87. The Kier molecular flexibility index (Phi) is 5.73. The first-order valence-electron chi connectivity index (χ1n) is 10.2. The number of aliphatic hydroxyl groups is 1. The van der Waals surface area contributed by atoms with Gasteiger partial charge in [0.2, 0.25) is 5.60 Å². The molecule has 6 nitrogen and oxygen atoms in total. The molecule has 0 fully saturated rings. The highest BCUT2D eigenvalue weighted by atomic mass is 16.5. The average Bonchev–Trinajstić information content (AvgIpc) is 3.02. The fraction of sp³-hybridized carbons (Fsp3) is 0.200. The SMILES string of the molecule is CCOC(=O)[C@H](Nc1ccccc1)[C@]1(O)C(=O)N(Cc2ccccc2)c2ccccc21. The first-order valence-corrected chi connectivity index (χ1v) is 10.2. The largest absolute Gasteiger partial charge is 0.464 e. The number of hydrogen-bond acceptors (Lipinski definition) is 5. The summed E-state index contributed by atoms with van der Waals surface area (Å²) in [6, 6.07) is 24.2. The molecule has 31 heavy (non-hydrogen) atoms. The molecule has 0 bridgehead atoms. The maximum atomic E-state index is 13.7. The van der Waals surface area contributed by atoms with E-state index in [9.17, 15) is 14.7 Å². The Balaban J connectivity index is 1.78. The number of carbonyl (C=O) groups excluding carboxylic acids is 2. The highest BCUT2D eigenvalue weighted by Gasteiger charge is 2.58. The van der Waals surface area contributed by atoms with Crippen molar-refractivity contribution in [3.8, 4) is 0 Å². The molecule has 1 aliphatic heterocycles. The summed E-state index contributed by atoms with van der Waals surface area (Å²) in [5.41, 5.74) is 0.341. The number of amides is 1. The number of esters is 1. The van der Waals surface area contributed by atoms with E-state index in [4.69, 9.17) is 4.74 Å². The Morgan fingerprint density at radius 1 is 1.00 bits per heavy atom. The number of anilines is 2. The van der Waals surface area contributed by atoms with Crippen molar-refractivity contribution in [2.45, 2.75) is 25.1 Å². The average molecular weight is 416 g/mol. The third kappa shape index (κ3) is 3.78. The van der Waals surface area contributed by atoms with Gasteiger partial charge in [-0.1, -0.05) is 66.7 Å². The zero-order valence-corrected chi connectivity index (χ0v) is 17.2. The zero-order chi connectivity index (χ0) is 21.8. The van der Waals surface area contributed by atoms with Crippen LogP contribution in [0.3, 0.4) is 0 Å². The normalized spacial score (nSPS) is 18.4. The molecule has 3 aromatic rings. The molecule has 1 heterocycles. The third-order valence-corrected chi connectivity index (χ3v) is 5.39. The number of nitrogens with zero attached hydrogens (tertiary/aromatic N) is 1. The number of ether oxygens (including phenoxy) is 1. The molecule has 0 saturated carbocycles. The summed E-state index contributed by atoms with van der Waals surface area (Å²) in [4.78, 5) is 28.1. The van der Waals surface area contributed by atoms with Gasteiger partial charge >= 0.3 is 5.97 Å². The summed E-state index contributed by atoms with van der Waals surface area (Å²) < 4.78 is 5.24. The van der Waals surface area contributed by atoms with Gasteiger partial charge in [0.25, 0.3) is 5.91 Å². The molecular formula is C25H24N2O4. The van der Waals surface area contributed by atoms with E-state index in [1.54, 1.807) is 55.5 Å². The van der Waals surface area contributed by atoms with Crippen LogP contribution in [-0.2, 0) is 26.5 Å². The monoisotopic (exact) mass is 416 g/mol. The summed E-state index contributed by atoms with van der Waals surface area (Å²) in [7, 11) is 0. The quantitative estimate of drug-likeness (QED) is 0.577. The molecule has 0 aromatic heterocycles. The van der Waals surface area contributed by atoms with E-state index < -0.39 is 23.5 Å². The van der Waals surface area contributed by atoms with Crippen LogP contribution >= 0.6 is 0 Å². The predicted octanol–water partition coefficient (Wildman–Crippen LogP) is 3.46. The fourth-order valence-electron chi connectivity index (χ4n) is 3.92. The number of nitrogens with one attached hydrogen (secondary N) is 1. The first-order chi connectivity index (χ1) is 15.1. The van der Waals surface area contributed by atoms with E-state index in [1.807, 2.05) is 36.4 Å². The summed E-state index contributed by atoms with van der Waals surface area (Å²) in [5, 5.41) is 14.9. The van der Waals surface area contributed by atoms with E-state index in [1.165, 1.54) is 4.90 Å². The molecule has 1 amide bonds. The molecule has 2 N–H and O–H groups in total. The van der Waals surface area contributed by atoms with Crippen LogP contribution in [0, 0.1) is 0 Å². The molecule has 1 aliphatic rings. The standard InChI is InChI=1S/C25H24N2O4/c1-2-31-23(28)22(26-19-13-7-4-8-14-19)25(30)20-15-9-10-16-21(20)27(24(25)29)17-18-11-5-3-6-12-18/h3-16,22,26,30H,2,17H2,1H3/t22-,25-/m0/s1. The highest BCUT2D eigenvalue weighted by molar-refractivity contribution is 6.10. The number of hydrogen-bond donors (Lipinski definition) is 2.